The molecule has 2 rings (SSSR count). The summed E-state index contributed by atoms with van der Waals surface area (Å²) in [4.78, 5) is 12.3. The lowest BCUT2D eigenvalue weighted by molar-refractivity contribution is 0.340. The molecular weight excluding hydrogens is 254 g/mol. The molecule has 0 unspecified atom stereocenters. The normalized spacial score (nSPS) is 10.8. The van der Waals surface area contributed by atoms with Gasteiger partial charge in [0.05, 0.1) is 18.0 Å². The summed E-state index contributed by atoms with van der Waals surface area (Å²) in [5.41, 5.74) is 7.76. The molecule has 5 nitrogen and oxygen atoms in total. The third-order valence-electron chi connectivity index (χ3n) is 3.30. The number of aromatic nitrogens is 2. The van der Waals surface area contributed by atoms with E-state index in [1.165, 1.54) is 0 Å². The minimum absolute atomic E-state index is 0.167. The van der Waals surface area contributed by atoms with Crippen LogP contribution in [0.3, 0.4) is 0 Å². The van der Waals surface area contributed by atoms with E-state index in [4.69, 9.17) is 10.5 Å². The van der Waals surface area contributed by atoms with E-state index in [-0.39, 0.29) is 5.56 Å². The van der Waals surface area contributed by atoms with Gasteiger partial charge < -0.3 is 10.5 Å². The fourth-order valence-electron chi connectivity index (χ4n) is 2.34. The highest BCUT2D eigenvalue weighted by atomic mass is 16.5. The van der Waals surface area contributed by atoms with E-state index < -0.39 is 0 Å². The first-order valence-corrected chi connectivity index (χ1v) is 6.89. The maximum atomic E-state index is 12.3. The molecular formula is C15H21N3O2. The second-order valence-corrected chi connectivity index (χ2v) is 4.68. The lowest BCUT2D eigenvalue weighted by Gasteiger charge is -2.10. The molecule has 0 fully saturated rings. The van der Waals surface area contributed by atoms with Crippen LogP contribution in [0.2, 0.25) is 0 Å². The molecule has 0 spiro atoms. The zero-order valence-electron chi connectivity index (χ0n) is 12.2. The number of nitrogens with two attached hydrogens (primary N) is 1. The Morgan fingerprint density at radius 1 is 1.20 bits per heavy atom. The topological polar surface area (TPSA) is 62.2 Å². The number of hydrogen-bond acceptors (Lipinski definition) is 3. The Balaban J connectivity index is 2.47. The van der Waals surface area contributed by atoms with Gasteiger partial charge in [-0.2, -0.15) is 0 Å². The fraction of sp³-hybridized carbons (Fsp3) is 0.400. The lowest BCUT2D eigenvalue weighted by atomic mass is 10.2. The van der Waals surface area contributed by atoms with E-state index in [0.717, 1.165) is 30.0 Å². The van der Waals surface area contributed by atoms with Gasteiger partial charge in [-0.25, -0.2) is 4.68 Å². The third-order valence-corrected chi connectivity index (χ3v) is 3.30. The molecule has 0 radical (unpaired) electrons. The van der Waals surface area contributed by atoms with Gasteiger partial charge in [0.25, 0.3) is 5.56 Å². The number of nitrogens with zero attached hydrogens (tertiary/aromatic N) is 2. The molecule has 20 heavy (non-hydrogen) atoms. The number of anilines is 1. The van der Waals surface area contributed by atoms with Crippen molar-refractivity contribution in [3.05, 3.63) is 40.3 Å². The predicted octanol–water partition coefficient (Wildman–Crippen LogP) is 2.11. The summed E-state index contributed by atoms with van der Waals surface area (Å²) in [6.07, 6.45) is 1.74. The Morgan fingerprint density at radius 3 is 2.40 bits per heavy atom. The van der Waals surface area contributed by atoms with Crippen LogP contribution < -0.4 is 16.0 Å². The molecule has 0 aliphatic rings. The maximum Gasteiger partial charge on any atom is 0.294 e. The highest BCUT2D eigenvalue weighted by Crippen LogP contribution is 2.17. The van der Waals surface area contributed by atoms with Crippen molar-refractivity contribution in [2.45, 2.75) is 26.7 Å². The summed E-state index contributed by atoms with van der Waals surface area (Å²) >= 11 is 0. The van der Waals surface area contributed by atoms with Crippen molar-refractivity contribution in [2.24, 2.45) is 7.05 Å². The van der Waals surface area contributed by atoms with E-state index in [0.29, 0.717) is 12.3 Å². The van der Waals surface area contributed by atoms with Gasteiger partial charge in [-0.3, -0.25) is 9.48 Å². The van der Waals surface area contributed by atoms with Gasteiger partial charge in [-0.1, -0.05) is 13.3 Å². The number of rotatable bonds is 5. The average molecular weight is 275 g/mol. The molecule has 0 atom stereocenters. The number of ether oxygens (including phenoxy) is 1. The second-order valence-electron chi connectivity index (χ2n) is 4.68. The first-order valence-electron chi connectivity index (χ1n) is 6.89. The number of nitrogen functional groups attached to an aromatic ring is 1. The molecule has 2 aromatic rings. The van der Waals surface area contributed by atoms with Crippen LogP contribution in [0.1, 0.15) is 26.0 Å². The third kappa shape index (κ3) is 2.43. The van der Waals surface area contributed by atoms with Crippen molar-refractivity contribution in [3.8, 4) is 11.4 Å². The van der Waals surface area contributed by atoms with E-state index in [1.54, 1.807) is 4.68 Å². The Bertz CT molecular complexity index is 638. The van der Waals surface area contributed by atoms with E-state index in [9.17, 15) is 4.79 Å². The highest BCUT2D eigenvalue weighted by molar-refractivity contribution is 5.46. The molecule has 5 heteroatoms. The highest BCUT2D eigenvalue weighted by Gasteiger charge is 2.15. The van der Waals surface area contributed by atoms with E-state index in [2.05, 4.69) is 6.92 Å². The van der Waals surface area contributed by atoms with Crippen LogP contribution in [-0.4, -0.2) is 16.0 Å². The summed E-state index contributed by atoms with van der Waals surface area (Å²) in [5, 5.41) is 0. The van der Waals surface area contributed by atoms with Crippen LogP contribution in [-0.2, 0) is 13.5 Å². The number of hydrogen-bond donors (Lipinski definition) is 1. The van der Waals surface area contributed by atoms with Crippen molar-refractivity contribution in [1.82, 2.24) is 9.36 Å². The molecule has 0 saturated heterocycles. The van der Waals surface area contributed by atoms with Gasteiger partial charge in [-0.15, -0.1) is 0 Å². The first kappa shape index (κ1) is 14.2. The minimum atomic E-state index is -0.167. The average Bonchev–Trinajstić information content (AvgIpc) is 2.65. The summed E-state index contributed by atoms with van der Waals surface area (Å²) in [6, 6.07) is 7.44. The monoisotopic (exact) mass is 275 g/mol. The van der Waals surface area contributed by atoms with Crippen molar-refractivity contribution in [2.75, 3.05) is 12.3 Å². The largest absolute Gasteiger partial charge is 0.494 e. The van der Waals surface area contributed by atoms with Crippen LogP contribution in [0.4, 0.5) is 5.69 Å². The molecule has 0 aliphatic heterocycles. The first-order chi connectivity index (χ1) is 9.60. The van der Waals surface area contributed by atoms with Crippen molar-refractivity contribution in [3.63, 3.8) is 0 Å². The molecule has 1 aromatic heterocycles. The van der Waals surface area contributed by atoms with Gasteiger partial charge in [0.2, 0.25) is 0 Å². The Labute approximate surface area is 118 Å². The Hall–Kier alpha value is -2.17. The molecule has 0 aliphatic carbocycles. The zero-order chi connectivity index (χ0) is 14.7. The van der Waals surface area contributed by atoms with Crippen LogP contribution >= 0.6 is 0 Å². The van der Waals surface area contributed by atoms with Crippen molar-refractivity contribution in [1.29, 1.82) is 0 Å². The predicted molar refractivity (Wildman–Crippen MR) is 80.6 cm³/mol. The summed E-state index contributed by atoms with van der Waals surface area (Å²) in [5.74, 6) is 0.792. The molecule has 0 bridgehead atoms. The maximum absolute atomic E-state index is 12.3. The quantitative estimate of drug-likeness (QED) is 0.909. The molecule has 108 valence electrons. The summed E-state index contributed by atoms with van der Waals surface area (Å²) < 4.78 is 8.83. The van der Waals surface area contributed by atoms with Gasteiger partial charge in [0, 0.05) is 7.05 Å². The van der Waals surface area contributed by atoms with Gasteiger partial charge in [-0.05, 0) is 37.6 Å². The Morgan fingerprint density at radius 2 is 1.85 bits per heavy atom. The van der Waals surface area contributed by atoms with Gasteiger partial charge in [0.15, 0.2) is 0 Å². The van der Waals surface area contributed by atoms with Gasteiger partial charge >= 0.3 is 0 Å². The minimum Gasteiger partial charge on any atom is -0.494 e. The Kier molecular flexibility index (Phi) is 4.17. The van der Waals surface area contributed by atoms with Crippen LogP contribution in [0.5, 0.6) is 5.75 Å². The van der Waals surface area contributed by atoms with Gasteiger partial charge in [0.1, 0.15) is 11.4 Å². The summed E-state index contributed by atoms with van der Waals surface area (Å²) in [6.45, 7) is 4.63. The SMILES string of the molecule is CCCc1c(N)c(=O)n(-c2ccc(OCC)cc2)n1C. The smallest absolute Gasteiger partial charge is 0.294 e. The standard InChI is InChI=1S/C15H21N3O2/c1-4-6-13-14(16)15(19)18(17(13)3)11-7-9-12(10-8-11)20-5-2/h7-10H,4-6,16H2,1-3H3. The number of benzene rings is 1. The second kappa shape index (κ2) is 5.86. The molecule has 0 amide bonds. The van der Waals surface area contributed by atoms with E-state index >= 15 is 0 Å². The van der Waals surface area contributed by atoms with Crippen LogP contribution in [0.15, 0.2) is 29.1 Å². The van der Waals surface area contributed by atoms with Crippen LogP contribution in [0, 0.1) is 0 Å². The van der Waals surface area contributed by atoms with Crippen LogP contribution in [0.25, 0.3) is 5.69 Å². The molecule has 2 N–H and O–H groups in total. The summed E-state index contributed by atoms with van der Waals surface area (Å²) in [7, 11) is 1.86. The van der Waals surface area contributed by atoms with Crippen molar-refractivity contribution < 1.29 is 4.74 Å². The van der Waals surface area contributed by atoms with Crippen molar-refractivity contribution >= 4 is 5.69 Å². The molecule has 0 saturated carbocycles. The fourth-order valence-corrected chi connectivity index (χ4v) is 2.34. The molecule has 1 heterocycles. The van der Waals surface area contributed by atoms with E-state index in [1.807, 2.05) is 42.9 Å². The lowest BCUT2D eigenvalue weighted by Crippen LogP contribution is -2.20. The molecule has 1 aromatic carbocycles. The zero-order valence-corrected chi connectivity index (χ0v) is 12.2.